The van der Waals surface area contributed by atoms with Crippen LogP contribution in [0.1, 0.15) is 15.9 Å². The molecule has 23 heavy (non-hydrogen) atoms. The van der Waals surface area contributed by atoms with E-state index in [1.165, 1.54) is 18.2 Å². The molecule has 1 fully saturated rings. The Morgan fingerprint density at radius 1 is 1.09 bits per heavy atom. The molecule has 2 aromatic carbocycles. The molecule has 3 nitrogen and oxygen atoms in total. The first-order valence-corrected chi connectivity index (χ1v) is 7.63. The highest BCUT2D eigenvalue weighted by Crippen LogP contribution is 2.17. The van der Waals surface area contributed by atoms with Crippen LogP contribution in [0.2, 0.25) is 0 Å². The van der Waals surface area contributed by atoms with E-state index in [0.717, 1.165) is 32.0 Å². The summed E-state index contributed by atoms with van der Waals surface area (Å²) >= 11 is 0. The molecule has 118 valence electrons. The van der Waals surface area contributed by atoms with Gasteiger partial charge in [-0.2, -0.15) is 0 Å². The van der Waals surface area contributed by atoms with E-state index < -0.39 is 0 Å². The molecule has 0 spiro atoms. The van der Waals surface area contributed by atoms with Gasteiger partial charge in [0.25, 0.3) is 0 Å². The normalized spacial score (nSPS) is 15.1. The Kier molecular flexibility index (Phi) is 4.83. The lowest BCUT2D eigenvalue weighted by molar-refractivity contribution is 0.104. The number of anilines is 1. The highest BCUT2D eigenvalue weighted by Gasteiger charge is 2.11. The lowest BCUT2D eigenvalue weighted by atomic mass is 10.1. The second-order valence-corrected chi connectivity index (χ2v) is 5.40. The molecule has 0 unspecified atom stereocenters. The molecular formula is C19H18FNO2. The third-order valence-corrected chi connectivity index (χ3v) is 3.80. The highest BCUT2D eigenvalue weighted by molar-refractivity contribution is 6.06. The number of halogens is 1. The Bertz CT molecular complexity index is 704. The monoisotopic (exact) mass is 311 g/mol. The molecule has 1 aliphatic rings. The van der Waals surface area contributed by atoms with E-state index in [9.17, 15) is 9.18 Å². The van der Waals surface area contributed by atoms with Crippen molar-refractivity contribution < 1.29 is 13.9 Å². The minimum absolute atomic E-state index is 0.0946. The third-order valence-electron chi connectivity index (χ3n) is 3.80. The Morgan fingerprint density at radius 2 is 1.83 bits per heavy atom. The topological polar surface area (TPSA) is 29.5 Å². The first-order valence-electron chi connectivity index (χ1n) is 7.63. The van der Waals surface area contributed by atoms with Gasteiger partial charge in [0.15, 0.2) is 5.78 Å². The Balaban J connectivity index is 1.67. The number of rotatable bonds is 4. The molecule has 0 N–H and O–H groups in total. The summed E-state index contributed by atoms with van der Waals surface area (Å²) in [4.78, 5) is 14.4. The summed E-state index contributed by atoms with van der Waals surface area (Å²) in [6.07, 6.45) is 3.10. The number of carbonyl (C=O) groups is 1. The average Bonchev–Trinajstić information content (AvgIpc) is 2.61. The molecule has 1 saturated heterocycles. The summed E-state index contributed by atoms with van der Waals surface area (Å²) < 4.78 is 18.4. The molecule has 0 amide bonds. The number of hydrogen-bond acceptors (Lipinski definition) is 3. The lowest BCUT2D eigenvalue weighted by Crippen LogP contribution is -2.36. The van der Waals surface area contributed by atoms with E-state index in [2.05, 4.69) is 4.90 Å². The van der Waals surface area contributed by atoms with Gasteiger partial charge in [0, 0.05) is 24.3 Å². The standard InChI is InChI=1S/C19H18FNO2/c20-17-3-1-2-15(14-17)4-9-19(22)16-5-7-18(8-6-16)21-10-12-23-13-11-21/h1-9,14H,10-13H2. The van der Waals surface area contributed by atoms with Crippen molar-refractivity contribution in [2.24, 2.45) is 0 Å². The van der Waals surface area contributed by atoms with Crippen molar-refractivity contribution in [3.63, 3.8) is 0 Å². The zero-order chi connectivity index (χ0) is 16.1. The molecule has 0 aliphatic carbocycles. The zero-order valence-electron chi connectivity index (χ0n) is 12.7. The van der Waals surface area contributed by atoms with Crippen LogP contribution in [0.5, 0.6) is 0 Å². The van der Waals surface area contributed by atoms with Gasteiger partial charge in [-0.25, -0.2) is 4.39 Å². The summed E-state index contributed by atoms with van der Waals surface area (Å²) in [5.41, 5.74) is 2.39. The van der Waals surface area contributed by atoms with Gasteiger partial charge in [-0.15, -0.1) is 0 Å². The molecule has 4 heteroatoms. The van der Waals surface area contributed by atoms with Crippen LogP contribution in [0.4, 0.5) is 10.1 Å². The molecule has 0 saturated carbocycles. The van der Waals surface area contributed by atoms with Gasteiger partial charge < -0.3 is 9.64 Å². The SMILES string of the molecule is O=C(C=Cc1cccc(F)c1)c1ccc(N2CCOCC2)cc1. The van der Waals surface area contributed by atoms with Crippen molar-refractivity contribution in [3.05, 3.63) is 71.6 Å². The van der Waals surface area contributed by atoms with Crippen LogP contribution in [0.3, 0.4) is 0 Å². The molecule has 1 heterocycles. The molecule has 0 atom stereocenters. The largest absolute Gasteiger partial charge is 0.378 e. The van der Waals surface area contributed by atoms with Crippen molar-refractivity contribution in [2.75, 3.05) is 31.2 Å². The molecule has 0 radical (unpaired) electrons. The first-order chi connectivity index (χ1) is 11.2. The number of ketones is 1. The minimum atomic E-state index is -0.311. The van der Waals surface area contributed by atoms with Gasteiger partial charge in [0.1, 0.15) is 5.82 Å². The van der Waals surface area contributed by atoms with E-state index in [4.69, 9.17) is 4.74 Å². The third kappa shape index (κ3) is 4.05. The van der Waals surface area contributed by atoms with Gasteiger partial charge in [0.2, 0.25) is 0 Å². The fourth-order valence-corrected chi connectivity index (χ4v) is 2.54. The number of nitrogens with zero attached hydrogens (tertiary/aromatic N) is 1. The maximum atomic E-state index is 13.1. The Hall–Kier alpha value is -2.46. The van der Waals surface area contributed by atoms with Crippen LogP contribution < -0.4 is 4.90 Å². The maximum absolute atomic E-state index is 13.1. The van der Waals surface area contributed by atoms with Crippen molar-refractivity contribution in [1.82, 2.24) is 0 Å². The molecule has 2 aromatic rings. The Labute approximate surface area is 135 Å². The minimum Gasteiger partial charge on any atom is -0.378 e. The number of morpholine rings is 1. The second kappa shape index (κ2) is 7.20. The van der Waals surface area contributed by atoms with Crippen molar-refractivity contribution in [2.45, 2.75) is 0 Å². The van der Waals surface area contributed by atoms with Crippen LogP contribution >= 0.6 is 0 Å². The molecule has 3 rings (SSSR count). The van der Waals surface area contributed by atoms with E-state index in [0.29, 0.717) is 11.1 Å². The molecule has 1 aliphatic heterocycles. The van der Waals surface area contributed by atoms with E-state index in [1.54, 1.807) is 18.2 Å². The average molecular weight is 311 g/mol. The van der Waals surface area contributed by atoms with E-state index in [-0.39, 0.29) is 11.6 Å². The van der Waals surface area contributed by atoms with Gasteiger partial charge in [-0.05, 0) is 48.0 Å². The van der Waals surface area contributed by atoms with Gasteiger partial charge in [0.05, 0.1) is 13.2 Å². The number of allylic oxidation sites excluding steroid dienone is 1. The predicted molar refractivity (Wildman–Crippen MR) is 89.2 cm³/mol. The van der Waals surface area contributed by atoms with Gasteiger partial charge in [-0.3, -0.25) is 4.79 Å². The van der Waals surface area contributed by atoms with E-state index >= 15 is 0 Å². The first kappa shape index (κ1) is 15.4. The van der Waals surface area contributed by atoms with Crippen molar-refractivity contribution >= 4 is 17.5 Å². The zero-order valence-corrected chi connectivity index (χ0v) is 12.7. The quantitative estimate of drug-likeness (QED) is 0.639. The summed E-state index contributed by atoms with van der Waals surface area (Å²) in [5, 5.41) is 0. The number of carbonyl (C=O) groups excluding carboxylic acids is 1. The predicted octanol–water partition coefficient (Wildman–Crippen LogP) is 3.56. The second-order valence-electron chi connectivity index (χ2n) is 5.40. The Morgan fingerprint density at radius 3 is 2.52 bits per heavy atom. The fraction of sp³-hybridized carbons (Fsp3) is 0.211. The van der Waals surface area contributed by atoms with Crippen LogP contribution in [0.15, 0.2) is 54.6 Å². The summed E-state index contributed by atoms with van der Waals surface area (Å²) in [6.45, 7) is 3.20. The van der Waals surface area contributed by atoms with Crippen LogP contribution in [-0.4, -0.2) is 32.1 Å². The van der Waals surface area contributed by atoms with Gasteiger partial charge >= 0.3 is 0 Å². The number of benzene rings is 2. The van der Waals surface area contributed by atoms with Crippen molar-refractivity contribution in [3.8, 4) is 0 Å². The van der Waals surface area contributed by atoms with E-state index in [1.807, 2.05) is 24.3 Å². The summed E-state index contributed by atoms with van der Waals surface area (Å²) in [7, 11) is 0. The summed E-state index contributed by atoms with van der Waals surface area (Å²) in [6, 6.07) is 13.7. The summed E-state index contributed by atoms with van der Waals surface area (Å²) in [5.74, 6) is -0.405. The fourth-order valence-electron chi connectivity index (χ4n) is 2.54. The smallest absolute Gasteiger partial charge is 0.185 e. The number of ether oxygens (including phenoxy) is 1. The van der Waals surface area contributed by atoms with Crippen LogP contribution in [0, 0.1) is 5.82 Å². The van der Waals surface area contributed by atoms with Gasteiger partial charge in [-0.1, -0.05) is 18.2 Å². The maximum Gasteiger partial charge on any atom is 0.185 e. The molecule has 0 bridgehead atoms. The molecular weight excluding hydrogens is 293 g/mol. The van der Waals surface area contributed by atoms with Crippen LogP contribution in [0.25, 0.3) is 6.08 Å². The molecule has 0 aromatic heterocycles. The van der Waals surface area contributed by atoms with Crippen molar-refractivity contribution in [1.29, 1.82) is 0 Å². The number of hydrogen-bond donors (Lipinski definition) is 0. The highest BCUT2D eigenvalue weighted by atomic mass is 19.1. The lowest BCUT2D eigenvalue weighted by Gasteiger charge is -2.28. The van der Waals surface area contributed by atoms with Crippen LogP contribution in [-0.2, 0) is 4.74 Å².